The summed E-state index contributed by atoms with van der Waals surface area (Å²) in [5.74, 6) is 1.61. The molecule has 1 aromatic carbocycles. The summed E-state index contributed by atoms with van der Waals surface area (Å²) < 4.78 is 5.75. The molecule has 3 nitrogen and oxygen atoms in total. The van der Waals surface area contributed by atoms with Crippen LogP contribution < -0.4 is 10.1 Å². The molecule has 1 aromatic rings. The normalized spacial score (nSPS) is 10.9. The molecule has 0 unspecified atom stereocenters. The maximum atomic E-state index is 8.72. The standard InChI is InChI=1S/C15H25NO2/c1-13(2)11-16-12-14-7-3-4-8-15(14)18-10-6-5-9-17/h3-4,7-8,13,16-17H,5-6,9-12H2,1-2H3. The van der Waals surface area contributed by atoms with Crippen molar-refractivity contribution in [3.63, 3.8) is 0 Å². The highest BCUT2D eigenvalue weighted by Crippen LogP contribution is 2.18. The Balaban J connectivity index is 2.40. The van der Waals surface area contributed by atoms with Crippen LogP contribution >= 0.6 is 0 Å². The number of ether oxygens (including phenoxy) is 1. The van der Waals surface area contributed by atoms with Crippen LogP contribution in [0.3, 0.4) is 0 Å². The molecular weight excluding hydrogens is 226 g/mol. The fraction of sp³-hybridized carbons (Fsp3) is 0.600. The quantitative estimate of drug-likeness (QED) is 0.663. The molecule has 0 aliphatic heterocycles. The summed E-state index contributed by atoms with van der Waals surface area (Å²) in [5.41, 5.74) is 1.20. The van der Waals surface area contributed by atoms with Gasteiger partial charge in [0.2, 0.25) is 0 Å². The molecule has 0 radical (unpaired) electrons. The van der Waals surface area contributed by atoms with Crippen LogP contribution in [-0.2, 0) is 6.54 Å². The van der Waals surface area contributed by atoms with Crippen LogP contribution in [0.4, 0.5) is 0 Å². The third kappa shape index (κ3) is 6.03. The van der Waals surface area contributed by atoms with Crippen molar-refractivity contribution >= 4 is 0 Å². The van der Waals surface area contributed by atoms with Crippen molar-refractivity contribution < 1.29 is 9.84 Å². The van der Waals surface area contributed by atoms with Crippen molar-refractivity contribution in [2.75, 3.05) is 19.8 Å². The zero-order valence-electron chi connectivity index (χ0n) is 11.5. The number of hydrogen-bond donors (Lipinski definition) is 2. The summed E-state index contributed by atoms with van der Waals surface area (Å²) >= 11 is 0. The van der Waals surface area contributed by atoms with Gasteiger partial charge in [0.15, 0.2) is 0 Å². The molecule has 0 bridgehead atoms. The number of aliphatic hydroxyl groups is 1. The number of nitrogens with one attached hydrogen (secondary N) is 1. The molecule has 0 spiro atoms. The van der Waals surface area contributed by atoms with Gasteiger partial charge in [-0.3, -0.25) is 0 Å². The predicted octanol–water partition coefficient (Wildman–Crippen LogP) is 2.58. The SMILES string of the molecule is CC(C)CNCc1ccccc1OCCCCO. The van der Waals surface area contributed by atoms with E-state index in [1.54, 1.807) is 0 Å². The first-order valence-corrected chi connectivity index (χ1v) is 6.76. The topological polar surface area (TPSA) is 41.5 Å². The number of unbranched alkanes of at least 4 members (excludes halogenated alkanes) is 1. The highest BCUT2D eigenvalue weighted by atomic mass is 16.5. The van der Waals surface area contributed by atoms with Gasteiger partial charge in [0.05, 0.1) is 6.61 Å². The average Bonchev–Trinajstić information content (AvgIpc) is 2.36. The first kappa shape index (κ1) is 15.0. The van der Waals surface area contributed by atoms with E-state index >= 15 is 0 Å². The minimum atomic E-state index is 0.237. The van der Waals surface area contributed by atoms with E-state index in [2.05, 4.69) is 25.2 Å². The van der Waals surface area contributed by atoms with Crippen molar-refractivity contribution in [2.45, 2.75) is 33.2 Å². The Labute approximate surface area is 110 Å². The number of hydrogen-bond acceptors (Lipinski definition) is 3. The Morgan fingerprint density at radius 3 is 2.72 bits per heavy atom. The van der Waals surface area contributed by atoms with Crippen molar-refractivity contribution in [3.05, 3.63) is 29.8 Å². The van der Waals surface area contributed by atoms with Gasteiger partial charge in [-0.2, -0.15) is 0 Å². The molecule has 2 N–H and O–H groups in total. The van der Waals surface area contributed by atoms with Crippen LogP contribution in [-0.4, -0.2) is 24.9 Å². The van der Waals surface area contributed by atoms with E-state index in [9.17, 15) is 0 Å². The molecule has 0 saturated heterocycles. The predicted molar refractivity (Wildman–Crippen MR) is 74.8 cm³/mol. The number of aliphatic hydroxyl groups excluding tert-OH is 1. The molecule has 1 rings (SSSR count). The molecule has 0 aromatic heterocycles. The van der Waals surface area contributed by atoms with E-state index in [0.29, 0.717) is 12.5 Å². The maximum absolute atomic E-state index is 8.72. The second-order valence-electron chi connectivity index (χ2n) is 4.91. The van der Waals surface area contributed by atoms with E-state index in [1.807, 2.05) is 18.2 Å². The van der Waals surface area contributed by atoms with Gasteiger partial charge >= 0.3 is 0 Å². The fourth-order valence-electron chi connectivity index (χ4n) is 1.68. The van der Waals surface area contributed by atoms with Gasteiger partial charge in [0.25, 0.3) is 0 Å². The van der Waals surface area contributed by atoms with Crippen LogP contribution in [0.15, 0.2) is 24.3 Å². The Kier molecular flexibility index (Phi) is 7.46. The summed E-state index contributed by atoms with van der Waals surface area (Å²) in [6, 6.07) is 8.13. The van der Waals surface area contributed by atoms with E-state index in [1.165, 1.54) is 5.56 Å². The van der Waals surface area contributed by atoms with Gasteiger partial charge in [-0.25, -0.2) is 0 Å². The molecule has 0 saturated carbocycles. The highest BCUT2D eigenvalue weighted by Gasteiger charge is 2.03. The van der Waals surface area contributed by atoms with Gasteiger partial charge in [-0.05, 0) is 31.4 Å². The third-order valence-corrected chi connectivity index (χ3v) is 2.65. The molecule has 0 heterocycles. The third-order valence-electron chi connectivity index (χ3n) is 2.65. The zero-order valence-corrected chi connectivity index (χ0v) is 11.5. The minimum absolute atomic E-state index is 0.237. The van der Waals surface area contributed by atoms with Gasteiger partial charge in [0.1, 0.15) is 5.75 Å². The van der Waals surface area contributed by atoms with Gasteiger partial charge in [-0.15, -0.1) is 0 Å². The monoisotopic (exact) mass is 251 g/mol. The van der Waals surface area contributed by atoms with Crippen molar-refractivity contribution in [2.24, 2.45) is 5.92 Å². The second kappa shape index (κ2) is 8.95. The van der Waals surface area contributed by atoms with Crippen LogP contribution in [0.25, 0.3) is 0 Å². The number of para-hydroxylation sites is 1. The van der Waals surface area contributed by atoms with E-state index < -0.39 is 0 Å². The lowest BCUT2D eigenvalue weighted by Gasteiger charge is -2.13. The van der Waals surface area contributed by atoms with Crippen LogP contribution in [0.1, 0.15) is 32.3 Å². The van der Waals surface area contributed by atoms with E-state index in [-0.39, 0.29) is 6.61 Å². The summed E-state index contributed by atoms with van der Waals surface area (Å²) in [6.45, 7) is 7.16. The summed E-state index contributed by atoms with van der Waals surface area (Å²) in [5, 5.41) is 12.1. The van der Waals surface area contributed by atoms with Crippen LogP contribution in [0.2, 0.25) is 0 Å². The number of rotatable bonds is 9. The molecular formula is C15H25NO2. The molecule has 3 heteroatoms. The molecule has 0 amide bonds. The van der Waals surface area contributed by atoms with Crippen molar-refractivity contribution in [1.82, 2.24) is 5.32 Å². The lowest BCUT2D eigenvalue weighted by Crippen LogP contribution is -2.19. The lowest BCUT2D eigenvalue weighted by atomic mass is 10.2. The van der Waals surface area contributed by atoms with Crippen molar-refractivity contribution in [3.8, 4) is 5.75 Å². The van der Waals surface area contributed by atoms with Crippen molar-refractivity contribution in [1.29, 1.82) is 0 Å². The minimum Gasteiger partial charge on any atom is -0.493 e. The fourth-order valence-corrected chi connectivity index (χ4v) is 1.68. The van der Waals surface area contributed by atoms with Crippen LogP contribution in [0.5, 0.6) is 5.75 Å². The first-order chi connectivity index (χ1) is 8.74. The molecule has 0 aliphatic carbocycles. The average molecular weight is 251 g/mol. The Morgan fingerprint density at radius 1 is 1.22 bits per heavy atom. The molecule has 18 heavy (non-hydrogen) atoms. The smallest absolute Gasteiger partial charge is 0.123 e. The Morgan fingerprint density at radius 2 is 2.00 bits per heavy atom. The van der Waals surface area contributed by atoms with Gasteiger partial charge in [-0.1, -0.05) is 32.0 Å². The molecule has 0 atom stereocenters. The molecule has 0 fully saturated rings. The summed E-state index contributed by atoms with van der Waals surface area (Å²) in [4.78, 5) is 0. The van der Waals surface area contributed by atoms with E-state index in [0.717, 1.165) is 31.7 Å². The molecule has 0 aliphatic rings. The second-order valence-corrected chi connectivity index (χ2v) is 4.91. The zero-order chi connectivity index (χ0) is 13.2. The molecule has 102 valence electrons. The number of benzene rings is 1. The first-order valence-electron chi connectivity index (χ1n) is 6.76. The largest absolute Gasteiger partial charge is 0.493 e. The highest BCUT2D eigenvalue weighted by molar-refractivity contribution is 5.33. The Hall–Kier alpha value is -1.06. The van der Waals surface area contributed by atoms with E-state index in [4.69, 9.17) is 9.84 Å². The summed E-state index contributed by atoms with van der Waals surface area (Å²) in [7, 11) is 0. The van der Waals surface area contributed by atoms with Crippen LogP contribution in [0, 0.1) is 5.92 Å². The van der Waals surface area contributed by atoms with Gasteiger partial charge < -0.3 is 15.2 Å². The Bertz CT molecular complexity index is 326. The summed E-state index contributed by atoms with van der Waals surface area (Å²) in [6.07, 6.45) is 1.69. The lowest BCUT2D eigenvalue weighted by molar-refractivity contribution is 0.252. The van der Waals surface area contributed by atoms with Gasteiger partial charge in [0, 0.05) is 18.7 Å². The maximum Gasteiger partial charge on any atom is 0.123 e.